The molecular formula is C20H24ClN3O3. The van der Waals surface area contributed by atoms with Gasteiger partial charge in [-0.15, -0.1) is 12.4 Å². The van der Waals surface area contributed by atoms with Gasteiger partial charge in [0.2, 0.25) is 5.91 Å². The lowest BCUT2D eigenvalue weighted by Gasteiger charge is -2.25. The van der Waals surface area contributed by atoms with Crippen LogP contribution in [0.2, 0.25) is 0 Å². The molecule has 7 heteroatoms. The Bertz CT molecular complexity index is 722. The van der Waals surface area contributed by atoms with Crippen molar-refractivity contribution in [2.75, 3.05) is 25.0 Å². The third-order valence-corrected chi connectivity index (χ3v) is 4.18. The van der Waals surface area contributed by atoms with Crippen molar-refractivity contribution in [3.05, 3.63) is 66.2 Å². The highest BCUT2D eigenvalue weighted by atomic mass is 35.5. The Morgan fingerprint density at radius 3 is 2.37 bits per heavy atom. The van der Waals surface area contributed by atoms with Gasteiger partial charge in [0.25, 0.3) is 5.91 Å². The topological polar surface area (TPSA) is 79.5 Å². The zero-order chi connectivity index (χ0) is 18.2. The molecule has 2 unspecified atom stereocenters. The lowest BCUT2D eigenvalue weighted by molar-refractivity contribution is -0.136. The first-order valence-corrected chi connectivity index (χ1v) is 8.75. The predicted octanol–water partition coefficient (Wildman–Crippen LogP) is 1.76. The van der Waals surface area contributed by atoms with E-state index in [0.29, 0.717) is 25.3 Å². The summed E-state index contributed by atoms with van der Waals surface area (Å²) in [5, 5.41) is 8.82. The Kier molecular flexibility index (Phi) is 8.26. The largest absolute Gasteiger partial charge is 0.366 e. The molecule has 1 aliphatic heterocycles. The second-order valence-electron chi connectivity index (χ2n) is 6.17. The molecule has 1 aliphatic rings. The van der Waals surface area contributed by atoms with Gasteiger partial charge in [0.05, 0.1) is 6.61 Å². The molecule has 3 rings (SSSR count). The van der Waals surface area contributed by atoms with Crippen molar-refractivity contribution in [3.63, 3.8) is 0 Å². The van der Waals surface area contributed by atoms with Crippen LogP contribution in [-0.4, -0.2) is 43.7 Å². The van der Waals surface area contributed by atoms with Crippen LogP contribution in [0.5, 0.6) is 0 Å². The van der Waals surface area contributed by atoms with Crippen LogP contribution in [0.3, 0.4) is 0 Å². The van der Waals surface area contributed by atoms with Gasteiger partial charge in [0.15, 0.2) is 0 Å². The highest BCUT2D eigenvalue weighted by Crippen LogP contribution is 2.09. The molecule has 1 saturated heterocycles. The van der Waals surface area contributed by atoms with Gasteiger partial charge in [-0.2, -0.15) is 0 Å². The van der Waals surface area contributed by atoms with Crippen molar-refractivity contribution >= 4 is 29.9 Å². The van der Waals surface area contributed by atoms with Crippen molar-refractivity contribution in [2.24, 2.45) is 0 Å². The SMILES string of the molecule is Cl.O=C(Nc1ccccc1)C(Cc1ccccc1)NC(=O)C1CNCCO1. The molecule has 0 bridgehead atoms. The third-order valence-electron chi connectivity index (χ3n) is 4.18. The number of ether oxygens (including phenoxy) is 1. The van der Waals surface area contributed by atoms with E-state index in [1.54, 1.807) is 0 Å². The van der Waals surface area contributed by atoms with Crippen LogP contribution in [0.15, 0.2) is 60.7 Å². The number of morpholine rings is 1. The molecule has 0 saturated carbocycles. The first-order chi connectivity index (χ1) is 12.7. The summed E-state index contributed by atoms with van der Waals surface area (Å²) in [6.45, 7) is 1.66. The maximum Gasteiger partial charge on any atom is 0.251 e. The summed E-state index contributed by atoms with van der Waals surface area (Å²) in [7, 11) is 0. The van der Waals surface area contributed by atoms with Crippen LogP contribution in [0.4, 0.5) is 5.69 Å². The first kappa shape index (κ1) is 20.9. The first-order valence-electron chi connectivity index (χ1n) is 8.75. The summed E-state index contributed by atoms with van der Waals surface area (Å²) >= 11 is 0. The van der Waals surface area contributed by atoms with Crippen LogP contribution in [0.1, 0.15) is 5.56 Å². The lowest BCUT2D eigenvalue weighted by Crippen LogP contribution is -2.53. The quantitative estimate of drug-likeness (QED) is 0.703. The van der Waals surface area contributed by atoms with E-state index < -0.39 is 12.1 Å². The van der Waals surface area contributed by atoms with Crippen LogP contribution >= 0.6 is 12.4 Å². The minimum atomic E-state index is -0.685. The van der Waals surface area contributed by atoms with Gasteiger partial charge >= 0.3 is 0 Å². The summed E-state index contributed by atoms with van der Waals surface area (Å²) < 4.78 is 5.48. The van der Waals surface area contributed by atoms with E-state index in [-0.39, 0.29) is 24.2 Å². The minimum Gasteiger partial charge on any atom is -0.366 e. The van der Waals surface area contributed by atoms with E-state index in [1.807, 2.05) is 60.7 Å². The molecule has 6 nitrogen and oxygen atoms in total. The molecule has 0 spiro atoms. The van der Waals surface area contributed by atoms with Crippen molar-refractivity contribution in [3.8, 4) is 0 Å². The lowest BCUT2D eigenvalue weighted by atomic mass is 10.0. The molecule has 0 aromatic heterocycles. The standard InChI is InChI=1S/C20H23N3O3.ClH/c24-19(22-16-9-5-2-6-10-16)17(13-15-7-3-1-4-8-15)23-20(25)18-14-21-11-12-26-18;/h1-10,17-18,21H,11-14H2,(H,22,24)(H,23,25);1H. The number of halogens is 1. The van der Waals surface area contributed by atoms with E-state index in [0.717, 1.165) is 12.1 Å². The van der Waals surface area contributed by atoms with E-state index >= 15 is 0 Å². The highest BCUT2D eigenvalue weighted by Gasteiger charge is 2.27. The molecule has 2 amide bonds. The van der Waals surface area contributed by atoms with Crippen molar-refractivity contribution in [1.82, 2.24) is 10.6 Å². The number of carbonyl (C=O) groups is 2. The normalized spacial score (nSPS) is 17.3. The number of nitrogens with one attached hydrogen (secondary N) is 3. The second kappa shape index (κ2) is 10.7. The molecule has 1 heterocycles. The number of amides is 2. The molecule has 2 aromatic carbocycles. The van der Waals surface area contributed by atoms with Gasteiger partial charge in [-0.05, 0) is 17.7 Å². The fourth-order valence-corrected chi connectivity index (χ4v) is 2.81. The average molecular weight is 390 g/mol. The van der Waals surface area contributed by atoms with Crippen LogP contribution in [-0.2, 0) is 20.7 Å². The molecular weight excluding hydrogens is 366 g/mol. The number of para-hydroxylation sites is 1. The number of carbonyl (C=O) groups excluding carboxylic acids is 2. The molecule has 2 aromatic rings. The van der Waals surface area contributed by atoms with E-state index in [1.165, 1.54) is 0 Å². The van der Waals surface area contributed by atoms with Crippen LogP contribution < -0.4 is 16.0 Å². The van der Waals surface area contributed by atoms with E-state index in [2.05, 4.69) is 16.0 Å². The van der Waals surface area contributed by atoms with Crippen LogP contribution in [0.25, 0.3) is 0 Å². The van der Waals surface area contributed by atoms with E-state index in [4.69, 9.17) is 4.74 Å². The number of hydrogen-bond donors (Lipinski definition) is 3. The Labute approximate surface area is 165 Å². The number of benzene rings is 2. The smallest absolute Gasteiger partial charge is 0.251 e. The zero-order valence-corrected chi connectivity index (χ0v) is 15.7. The summed E-state index contributed by atoms with van der Waals surface area (Å²) in [6, 6.07) is 18.1. The summed E-state index contributed by atoms with van der Waals surface area (Å²) in [6.07, 6.45) is -0.169. The third kappa shape index (κ3) is 6.36. The van der Waals surface area contributed by atoms with E-state index in [9.17, 15) is 9.59 Å². The molecule has 144 valence electrons. The van der Waals surface area contributed by atoms with Crippen LogP contribution in [0, 0.1) is 0 Å². The number of hydrogen-bond acceptors (Lipinski definition) is 4. The summed E-state index contributed by atoms with van der Waals surface area (Å²) in [5.74, 6) is -0.529. The monoisotopic (exact) mass is 389 g/mol. The molecule has 1 fully saturated rings. The van der Waals surface area contributed by atoms with Gasteiger partial charge in [0, 0.05) is 25.2 Å². The second-order valence-corrected chi connectivity index (χ2v) is 6.17. The fraction of sp³-hybridized carbons (Fsp3) is 0.300. The van der Waals surface area contributed by atoms with Crippen molar-refractivity contribution in [2.45, 2.75) is 18.6 Å². The Hall–Kier alpha value is -2.41. The minimum absolute atomic E-state index is 0. The molecule has 0 aliphatic carbocycles. The maximum atomic E-state index is 12.8. The molecule has 27 heavy (non-hydrogen) atoms. The molecule has 3 N–H and O–H groups in total. The molecule has 0 radical (unpaired) electrons. The number of rotatable bonds is 6. The van der Waals surface area contributed by atoms with Gasteiger partial charge in [-0.3, -0.25) is 9.59 Å². The average Bonchev–Trinajstić information content (AvgIpc) is 2.69. The summed E-state index contributed by atoms with van der Waals surface area (Å²) in [5.41, 5.74) is 1.67. The summed E-state index contributed by atoms with van der Waals surface area (Å²) in [4.78, 5) is 25.3. The Balaban J connectivity index is 0.00000261. The Morgan fingerprint density at radius 2 is 1.74 bits per heavy atom. The van der Waals surface area contributed by atoms with Crippen molar-refractivity contribution < 1.29 is 14.3 Å². The van der Waals surface area contributed by atoms with Gasteiger partial charge in [-0.1, -0.05) is 48.5 Å². The Morgan fingerprint density at radius 1 is 1.07 bits per heavy atom. The number of anilines is 1. The van der Waals surface area contributed by atoms with Crippen molar-refractivity contribution in [1.29, 1.82) is 0 Å². The fourth-order valence-electron chi connectivity index (χ4n) is 2.81. The van der Waals surface area contributed by atoms with Gasteiger partial charge < -0.3 is 20.7 Å². The highest BCUT2D eigenvalue weighted by molar-refractivity contribution is 5.98. The predicted molar refractivity (Wildman–Crippen MR) is 107 cm³/mol. The van der Waals surface area contributed by atoms with Gasteiger partial charge in [0.1, 0.15) is 12.1 Å². The maximum absolute atomic E-state index is 12.8. The van der Waals surface area contributed by atoms with Gasteiger partial charge in [-0.25, -0.2) is 0 Å². The zero-order valence-electron chi connectivity index (χ0n) is 14.9. The molecule has 2 atom stereocenters.